The van der Waals surface area contributed by atoms with Crippen molar-refractivity contribution in [2.75, 3.05) is 5.32 Å². The number of nitrogens with zero attached hydrogens (tertiary/aromatic N) is 1. The number of hydrogen-bond donors (Lipinski definition) is 1. The van der Waals surface area contributed by atoms with Gasteiger partial charge >= 0.3 is 0 Å². The van der Waals surface area contributed by atoms with Crippen LogP contribution in [0.25, 0.3) is 6.08 Å². The number of carbonyl (C=O) groups excluding carboxylic acids is 1. The summed E-state index contributed by atoms with van der Waals surface area (Å²) in [5.74, 6) is 0.226. The van der Waals surface area contributed by atoms with Gasteiger partial charge in [0.25, 0.3) is 5.91 Å². The third-order valence-corrected chi connectivity index (χ3v) is 5.85. The summed E-state index contributed by atoms with van der Waals surface area (Å²) in [7, 11) is 0. The predicted octanol–water partition coefficient (Wildman–Crippen LogP) is 6.95. The third kappa shape index (κ3) is 6.30. The van der Waals surface area contributed by atoms with Crippen molar-refractivity contribution in [3.63, 3.8) is 0 Å². The van der Waals surface area contributed by atoms with E-state index in [0.29, 0.717) is 23.6 Å². The van der Waals surface area contributed by atoms with Crippen molar-refractivity contribution in [1.29, 1.82) is 5.26 Å². The van der Waals surface area contributed by atoms with Crippen LogP contribution in [-0.4, -0.2) is 5.91 Å². The Morgan fingerprint density at radius 2 is 1.77 bits per heavy atom. The lowest BCUT2D eigenvalue weighted by Crippen LogP contribution is -2.13. The maximum Gasteiger partial charge on any atom is 0.266 e. The zero-order valence-corrected chi connectivity index (χ0v) is 20.2. The summed E-state index contributed by atoms with van der Waals surface area (Å²) in [6.45, 7) is 4.61. The summed E-state index contributed by atoms with van der Waals surface area (Å²) in [4.78, 5) is 12.4. The molecule has 1 amide bonds. The molecular weight excluding hydrogens is 520 g/mol. The number of carbonyl (C=O) groups is 1. The first-order chi connectivity index (χ1) is 14.9. The summed E-state index contributed by atoms with van der Waals surface area (Å²) in [5, 5.41) is 12.2. The fourth-order valence-electron chi connectivity index (χ4n) is 2.83. The molecule has 6 heteroatoms. The largest absolute Gasteiger partial charge is 0.488 e. The maximum absolute atomic E-state index is 12.4. The maximum atomic E-state index is 12.4. The van der Waals surface area contributed by atoms with Gasteiger partial charge in [-0.05, 0) is 94.5 Å². The first-order valence-corrected chi connectivity index (χ1v) is 11.1. The second-order valence-corrected chi connectivity index (χ2v) is 8.80. The Balaban J connectivity index is 1.70. The molecular formula is C25H20Br2N2O2. The van der Waals surface area contributed by atoms with Gasteiger partial charge in [-0.3, -0.25) is 4.79 Å². The van der Waals surface area contributed by atoms with Gasteiger partial charge < -0.3 is 10.1 Å². The number of nitrogens with one attached hydrogen (secondary N) is 1. The topological polar surface area (TPSA) is 62.1 Å². The van der Waals surface area contributed by atoms with E-state index in [1.54, 1.807) is 18.2 Å². The van der Waals surface area contributed by atoms with Crippen molar-refractivity contribution in [1.82, 2.24) is 0 Å². The smallest absolute Gasteiger partial charge is 0.266 e. The molecule has 31 heavy (non-hydrogen) atoms. The number of nitriles is 1. The minimum atomic E-state index is -0.462. The van der Waals surface area contributed by atoms with E-state index in [9.17, 15) is 10.1 Å². The number of ether oxygens (including phenoxy) is 1. The molecule has 0 aliphatic carbocycles. The average Bonchev–Trinajstić information content (AvgIpc) is 2.75. The van der Waals surface area contributed by atoms with E-state index in [1.807, 2.05) is 36.4 Å². The van der Waals surface area contributed by atoms with Crippen molar-refractivity contribution in [3.8, 4) is 11.8 Å². The normalized spacial score (nSPS) is 11.0. The zero-order valence-electron chi connectivity index (χ0n) is 17.1. The minimum Gasteiger partial charge on any atom is -0.488 e. The molecule has 0 aliphatic heterocycles. The van der Waals surface area contributed by atoms with E-state index >= 15 is 0 Å². The molecule has 0 radical (unpaired) electrons. The van der Waals surface area contributed by atoms with Crippen LogP contribution >= 0.6 is 31.9 Å². The second-order valence-electron chi connectivity index (χ2n) is 7.03. The Kier molecular flexibility index (Phi) is 7.67. The van der Waals surface area contributed by atoms with Gasteiger partial charge in [-0.2, -0.15) is 5.26 Å². The van der Waals surface area contributed by atoms with E-state index in [4.69, 9.17) is 4.74 Å². The van der Waals surface area contributed by atoms with Crippen molar-refractivity contribution in [2.24, 2.45) is 0 Å². The number of halogens is 2. The molecule has 4 nitrogen and oxygen atoms in total. The standard InChI is InChI=1S/C25H20Br2N2O2/c1-16-3-4-19(11-17(16)2)15-31-24-10-5-18(13-23(24)27)12-20(14-28)25(30)29-22-8-6-21(26)7-9-22/h3-13H,15H2,1-2H3,(H,29,30)/b20-12+. The molecule has 0 unspecified atom stereocenters. The van der Waals surface area contributed by atoms with Crippen LogP contribution < -0.4 is 10.1 Å². The Bertz CT molecular complexity index is 1180. The van der Waals surface area contributed by atoms with Crippen molar-refractivity contribution in [3.05, 3.63) is 97.4 Å². The summed E-state index contributed by atoms with van der Waals surface area (Å²) in [5.41, 5.74) is 4.91. The molecule has 0 aromatic heterocycles. The lowest BCUT2D eigenvalue weighted by atomic mass is 10.1. The van der Waals surface area contributed by atoms with E-state index in [0.717, 1.165) is 14.5 Å². The van der Waals surface area contributed by atoms with Gasteiger partial charge in [0.05, 0.1) is 4.47 Å². The fourth-order valence-corrected chi connectivity index (χ4v) is 3.60. The summed E-state index contributed by atoms with van der Waals surface area (Å²) in [6, 6.07) is 20.8. The van der Waals surface area contributed by atoms with Gasteiger partial charge in [0.1, 0.15) is 24.0 Å². The number of benzene rings is 3. The lowest BCUT2D eigenvalue weighted by molar-refractivity contribution is -0.112. The molecule has 0 saturated carbocycles. The first kappa shape index (κ1) is 22.8. The third-order valence-electron chi connectivity index (χ3n) is 4.70. The van der Waals surface area contributed by atoms with Crippen LogP contribution in [0.3, 0.4) is 0 Å². The van der Waals surface area contributed by atoms with Gasteiger partial charge in [0.15, 0.2) is 0 Å². The zero-order chi connectivity index (χ0) is 22.4. The van der Waals surface area contributed by atoms with Gasteiger partial charge in [0, 0.05) is 10.2 Å². The van der Waals surface area contributed by atoms with Gasteiger partial charge in [-0.1, -0.05) is 40.2 Å². The molecule has 0 bridgehead atoms. The highest BCUT2D eigenvalue weighted by Gasteiger charge is 2.11. The molecule has 1 N–H and O–H groups in total. The van der Waals surface area contributed by atoms with Crippen LogP contribution in [0.15, 0.2) is 75.2 Å². The van der Waals surface area contributed by atoms with E-state index in [1.165, 1.54) is 11.1 Å². The summed E-state index contributed by atoms with van der Waals surface area (Å²) >= 11 is 6.86. The molecule has 0 aliphatic rings. The fraction of sp³-hybridized carbons (Fsp3) is 0.120. The molecule has 156 valence electrons. The van der Waals surface area contributed by atoms with Gasteiger partial charge in [-0.15, -0.1) is 0 Å². The summed E-state index contributed by atoms with van der Waals surface area (Å²) < 4.78 is 7.58. The SMILES string of the molecule is Cc1ccc(COc2ccc(/C=C(\C#N)C(=O)Nc3ccc(Br)cc3)cc2Br)cc1C. The van der Waals surface area contributed by atoms with Crippen LogP contribution in [0, 0.1) is 25.2 Å². The Morgan fingerprint density at radius 3 is 2.42 bits per heavy atom. The van der Waals surface area contributed by atoms with Crippen LogP contribution in [-0.2, 0) is 11.4 Å². The van der Waals surface area contributed by atoms with Crippen LogP contribution in [0.4, 0.5) is 5.69 Å². The number of aryl methyl sites for hydroxylation is 2. The molecule has 3 rings (SSSR count). The summed E-state index contributed by atoms with van der Waals surface area (Å²) in [6.07, 6.45) is 1.55. The second kappa shape index (κ2) is 10.4. The lowest BCUT2D eigenvalue weighted by Gasteiger charge is -2.10. The molecule has 3 aromatic rings. The van der Waals surface area contributed by atoms with Crippen molar-refractivity contribution < 1.29 is 9.53 Å². The number of anilines is 1. The number of hydrogen-bond acceptors (Lipinski definition) is 3. The molecule has 0 saturated heterocycles. The highest BCUT2D eigenvalue weighted by Crippen LogP contribution is 2.28. The molecule has 3 aromatic carbocycles. The Hall–Kier alpha value is -2.88. The van der Waals surface area contributed by atoms with Crippen LogP contribution in [0.1, 0.15) is 22.3 Å². The average molecular weight is 540 g/mol. The number of amides is 1. The molecule has 0 atom stereocenters. The van der Waals surface area contributed by atoms with Crippen LogP contribution in [0.5, 0.6) is 5.75 Å². The van der Waals surface area contributed by atoms with Crippen molar-refractivity contribution >= 4 is 49.5 Å². The highest BCUT2D eigenvalue weighted by atomic mass is 79.9. The quantitative estimate of drug-likeness (QED) is 0.272. The van der Waals surface area contributed by atoms with Crippen molar-refractivity contribution in [2.45, 2.75) is 20.5 Å². The van der Waals surface area contributed by atoms with E-state index in [2.05, 4.69) is 69.2 Å². The number of rotatable bonds is 6. The van der Waals surface area contributed by atoms with Gasteiger partial charge in [-0.25, -0.2) is 0 Å². The monoisotopic (exact) mass is 538 g/mol. The van der Waals surface area contributed by atoms with E-state index < -0.39 is 5.91 Å². The Morgan fingerprint density at radius 1 is 1.03 bits per heavy atom. The van der Waals surface area contributed by atoms with Gasteiger partial charge in [0.2, 0.25) is 0 Å². The Labute approximate surface area is 198 Å². The van der Waals surface area contributed by atoms with E-state index in [-0.39, 0.29) is 5.57 Å². The molecule has 0 fully saturated rings. The van der Waals surface area contributed by atoms with Crippen LogP contribution in [0.2, 0.25) is 0 Å². The molecule has 0 heterocycles. The predicted molar refractivity (Wildman–Crippen MR) is 131 cm³/mol. The highest BCUT2D eigenvalue weighted by molar-refractivity contribution is 9.10. The minimum absolute atomic E-state index is 0.0126. The molecule has 0 spiro atoms. The first-order valence-electron chi connectivity index (χ1n) is 9.53.